The van der Waals surface area contributed by atoms with Gasteiger partial charge in [0.2, 0.25) is 0 Å². The van der Waals surface area contributed by atoms with Gasteiger partial charge < -0.3 is 9.84 Å². The lowest BCUT2D eigenvalue weighted by molar-refractivity contribution is 0.0696. The molecule has 0 aliphatic carbocycles. The number of aromatic carboxylic acids is 1. The molecule has 1 N–H and O–H groups in total. The quantitative estimate of drug-likeness (QED) is 0.601. The third-order valence-corrected chi connectivity index (χ3v) is 4.28. The van der Waals surface area contributed by atoms with Crippen molar-refractivity contribution in [3.63, 3.8) is 0 Å². The van der Waals surface area contributed by atoms with Gasteiger partial charge >= 0.3 is 5.97 Å². The van der Waals surface area contributed by atoms with Gasteiger partial charge in [0.25, 0.3) is 0 Å². The van der Waals surface area contributed by atoms with Crippen LogP contribution in [0.15, 0.2) is 47.4 Å². The molecule has 2 aromatic rings. The van der Waals surface area contributed by atoms with Gasteiger partial charge in [0.15, 0.2) is 0 Å². The lowest BCUT2D eigenvalue weighted by atomic mass is 10.2. The molecule has 0 aromatic heterocycles. The first-order valence-corrected chi connectivity index (χ1v) is 7.84. The highest BCUT2D eigenvalue weighted by Gasteiger charge is 2.05. The maximum absolute atomic E-state index is 10.8. The van der Waals surface area contributed by atoms with Crippen LogP contribution < -0.4 is 4.74 Å². The second-order valence-corrected chi connectivity index (χ2v) is 6.09. The summed E-state index contributed by atoms with van der Waals surface area (Å²) in [4.78, 5) is 11.8. The van der Waals surface area contributed by atoms with E-state index in [1.165, 1.54) is 12.1 Å². The number of ether oxygens (including phenoxy) is 1. The fraction of sp³-hybridized carbons (Fsp3) is 0.133. The first-order chi connectivity index (χ1) is 10.1. The number of hydrogen-bond donors (Lipinski definition) is 1. The van der Waals surface area contributed by atoms with Crippen LogP contribution in [0.2, 0.25) is 10.0 Å². The van der Waals surface area contributed by atoms with Crippen LogP contribution >= 0.6 is 35.0 Å². The van der Waals surface area contributed by atoms with Crippen LogP contribution in [-0.4, -0.2) is 23.4 Å². The minimum Gasteiger partial charge on any atom is -0.493 e. The Labute approximate surface area is 136 Å². The van der Waals surface area contributed by atoms with Crippen LogP contribution in [-0.2, 0) is 0 Å². The van der Waals surface area contributed by atoms with E-state index >= 15 is 0 Å². The van der Waals surface area contributed by atoms with Gasteiger partial charge in [0.1, 0.15) is 5.75 Å². The lowest BCUT2D eigenvalue weighted by Gasteiger charge is -2.07. The molecule has 0 saturated carbocycles. The average molecular weight is 343 g/mol. The van der Waals surface area contributed by atoms with Crippen LogP contribution in [0.5, 0.6) is 5.75 Å². The van der Waals surface area contributed by atoms with Crippen LogP contribution in [0.1, 0.15) is 10.4 Å². The van der Waals surface area contributed by atoms with Crippen LogP contribution in [0.3, 0.4) is 0 Å². The van der Waals surface area contributed by atoms with Crippen molar-refractivity contribution in [3.8, 4) is 5.75 Å². The zero-order valence-corrected chi connectivity index (χ0v) is 13.2. The minimum atomic E-state index is -0.970. The zero-order valence-electron chi connectivity index (χ0n) is 10.9. The van der Waals surface area contributed by atoms with E-state index in [-0.39, 0.29) is 5.56 Å². The maximum Gasteiger partial charge on any atom is 0.335 e. The summed E-state index contributed by atoms with van der Waals surface area (Å²) < 4.78 is 5.53. The Morgan fingerprint density at radius 2 is 2.00 bits per heavy atom. The van der Waals surface area contributed by atoms with Gasteiger partial charge in [-0.15, -0.1) is 11.8 Å². The Hall–Kier alpha value is -1.36. The van der Waals surface area contributed by atoms with Gasteiger partial charge in [-0.3, -0.25) is 0 Å². The summed E-state index contributed by atoms with van der Waals surface area (Å²) in [5, 5.41) is 10.1. The molecule has 0 fully saturated rings. The number of rotatable bonds is 6. The standard InChI is InChI=1S/C15H12Cl2O3S/c16-11-4-5-14(13(17)9-11)21-7-6-20-12-3-1-2-10(8-12)15(18)19/h1-5,8-9H,6-7H2,(H,18,19). The summed E-state index contributed by atoms with van der Waals surface area (Å²) >= 11 is 13.5. The van der Waals surface area contributed by atoms with Crippen molar-refractivity contribution in [2.75, 3.05) is 12.4 Å². The van der Waals surface area contributed by atoms with E-state index in [4.69, 9.17) is 33.0 Å². The molecule has 2 aromatic carbocycles. The van der Waals surface area contributed by atoms with Crippen molar-refractivity contribution < 1.29 is 14.6 Å². The van der Waals surface area contributed by atoms with Crippen LogP contribution in [0.25, 0.3) is 0 Å². The molecule has 0 unspecified atom stereocenters. The average Bonchev–Trinajstić information content (AvgIpc) is 2.45. The summed E-state index contributed by atoms with van der Waals surface area (Å²) in [6.45, 7) is 0.451. The Balaban J connectivity index is 1.84. The zero-order chi connectivity index (χ0) is 15.2. The highest BCUT2D eigenvalue weighted by Crippen LogP contribution is 2.29. The lowest BCUT2D eigenvalue weighted by Crippen LogP contribution is -2.02. The molecule has 2 rings (SSSR count). The van der Waals surface area contributed by atoms with E-state index < -0.39 is 5.97 Å². The van der Waals surface area contributed by atoms with E-state index in [0.29, 0.717) is 28.2 Å². The fourth-order valence-corrected chi connectivity index (χ4v) is 2.94. The maximum atomic E-state index is 10.8. The summed E-state index contributed by atoms with van der Waals surface area (Å²) in [6.07, 6.45) is 0. The summed E-state index contributed by atoms with van der Waals surface area (Å²) in [7, 11) is 0. The van der Waals surface area contributed by atoms with Gasteiger partial charge in [-0.25, -0.2) is 4.79 Å². The molecule has 0 radical (unpaired) electrons. The van der Waals surface area contributed by atoms with Gasteiger partial charge in [-0.2, -0.15) is 0 Å². The van der Waals surface area contributed by atoms with Crippen molar-refractivity contribution >= 4 is 40.9 Å². The third-order valence-electron chi connectivity index (χ3n) is 2.58. The summed E-state index contributed by atoms with van der Waals surface area (Å²) in [6, 6.07) is 11.8. The number of hydrogen-bond acceptors (Lipinski definition) is 3. The van der Waals surface area contributed by atoms with Crippen molar-refractivity contribution in [2.45, 2.75) is 4.90 Å². The number of carbonyl (C=O) groups is 1. The highest BCUT2D eigenvalue weighted by molar-refractivity contribution is 7.99. The molecule has 6 heteroatoms. The van der Waals surface area contributed by atoms with Gasteiger partial charge in [-0.05, 0) is 36.4 Å². The van der Waals surface area contributed by atoms with Gasteiger partial charge in [0, 0.05) is 15.7 Å². The molecule has 110 valence electrons. The molecule has 0 spiro atoms. The molecule has 0 amide bonds. The largest absolute Gasteiger partial charge is 0.493 e. The molecule has 0 atom stereocenters. The van der Waals surface area contributed by atoms with Gasteiger partial charge in [-0.1, -0.05) is 29.3 Å². The molecule has 21 heavy (non-hydrogen) atoms. The van der Waals surface area contributed by atoms with Gasteiger partial charge in [0.05, 0.1) is 17.2 Å². The molecular formula is C15H12Cl2O3S. The van der Waals surface area contributed by atoms with E-state index in [0.717, 1.165) is 4.90 Å². The number of benzene rings is 2. The monoisotopic (exact) mass is 342 g/mol. The van der Waals surface area contributed by atoms with E-state index in [1.807, 2.05) is 6.07 Å². The highest BCUT2D eigenvalue weighted by atomic mass is 35.5. The predicted molar refractivity (Wildman–Crippen MR) is 86.1 cm³/mol. The van der Waals surface area contributed by atoms with Crippen molar-refractivity contribution in [3.05, 3.63) is 58.1 Å². The Bertz CT molecular complexity index is 647. The Morgan fingerprint density at radius 1 is 1.19 bits per heavy atom. The molecule has 0 saturated heterocycles. The van der Waals surface area contributed by atoms with E-state index in [2.05, 4.69) is 0 Å². The fourth-order valence-electron chi connectivity index (χ4n) is 1.62. The first kappa shape index (κ1) is 16.0. The number of thioether (sulfide) groups is 1. The normalized spacial score (nSPS) is 10.4. The smallest absolute Gasteiger partial charge is 0.335 e. The predicted octanol–water partition coefficient (Wildman–Crippen LogP) is 4.86. The molecule has 3 nitrogen and oxygen atoms in total. The molecule has 0 aliphatic rings. The molecule has 0 aliphatic heterocycles. The second kappa shape index (κ2) is 7.59. The van der Waals surface area contributed by atoms with Crippen LogP contribution in [0, 0.1) is 0 Å². The number of halogens is 2. The number of carboxylic acid groups (broad SMARTS) is 1. The molecular weight excluding hydrogens is 331 g/mol. The third kappa shape index (κ3) is 4.84. The van der Waals surface area contributed by atoms with Crippen molar-refractivity contribution in [1.82, 2.24) is 0 Å². The summed E-state index contributed by atoms with van der Waals surface area (Å²) in [5.74, 6) is 0.263. The Morgan fingerprint density at radius 3 is 2.71 bits per heavy atom. The minimum absolute atomic E-state index is 0.209. The summed E-state index contributed by atoms with van der Waals surface area (Å²) in [5.41, 5.74) is 0.209. The molecule has 0 bridgehead atoms. The first-order valence-electron chi connectivity index (χ1n) is 6.10. The van der Waals surface area contributed by atoms with E-state index in [9.17, 15) is 4.79 Å². The number of carboxylic acids is 1. The topological polar surface area (TPSA) is 46.5 Å². The van der Waals surface area contributed by atoms with E-state index in [1.54, 1.807) is 36.0 Å². The Kier molecular flexibility index (Phi) is 5.79. The van der Waals surface area contributed by atoms with Crippen LogP contribution in [0.4, 0.5) is 0 Å². The second-order valence-electron chi connectivity index (χ2n) is 4.10. The SMILES string of the molecule is O=C(O)c1cccc(OCCSc2ccc(Cl)cc2Cl)c1. The molecule has 0 heterocycles. The van der Waals surface area contributed by atoms with Crippen molar-refractivity contribution in [1.29, 1.82) is 0 Å². The van der Waals surface area contributed by atoms with Crippen molar-refractivity contribution in [2.24, 2.45) is 0 Å².